The van der Waals surface area contributed by atoms with Crippen molar-refractivity contribution in [1.82, 2.24) is 5.32 Å². The molecule has 0 spiro atoms. The lowest BCUT2D eigenvalue weighted by Crippen LogP contribution is -2.35. The minimum Gasteiger partial charge on any atom is -0.490 e. The number of benzene rings is 2. The van der Waals surface area contributed by atoms with Crippen LogP contribution in [0.1, 0.15) is 47.8 Å². The van der Waals surface area contributed by atoms with Gasteiger partial charge in [-0.3, -0.25) is 4.79 Å². The van der Waals surface area contributed by atoms with E-state index in [4.69, 9.17) is 14.2 Å². The zero-order valence-electron chi connectivity index (χ0n) is 17.4. The summed E-state index contributed by atoms with van der Waals surface area (Å²) in [5, 5.41) is 2.90. The third-order valence-corrected chi connectivity index (χ3v) is 4.86. The first-order valence-corrected chi connectivity index (χ1v) is 9.97. The maximum Gasteiger partial charge on any atom is 0.338 e. The standard InChI is InChI=1S/C23H26FNO5/c1-14(2)22(16-7-8-19-20(12-16)29-10-4-9-28-19)25-21(26)13-30-23(27)17-6-5-15(3)18(24)11-17/h5-8,11-12,14,22H,4,9-10,13H2,1-3H3,(H,25,26)/t22-/m1/s1. The largest absolute Gasteiger partial charge is 0.490 e. The highest BCUT2D eigenvalue weighted by Gasteiger charge is 2.22. The summed E-state index contributed by atoms with van der Waals surface area (Å²) >= 11 is 0. The molecule has 0 saturated heterocycles. The van der Waals surface area contributed by atoms with Crippen LogP contribution in [0.15, 0.2) is 36.4 Å². The van der Waals surface area contributed by atoms with Crippen molar-refractivity contribution in [2.75, 3.05) is 19.8 Å². The third kappa shape index (κ3) is 5.28. The number of hydrogen-bond acceptors (Lipinski definition) is 5. The summed E-state index contributed by atoms with van der Waals surface area (Å²) in [4.78, 5) is 24.5. The average Bonchev–Trinajstić information content (AvgIpc) is 2.96. The highest BCUT2D eigenvalue weighted by atomic mass is 19.1. The van der Waals surface area contributed by atoms with E-state index in [9.17, 15) is 14.0 Å². The van der Waals surface area contributed by atoms with Crippen LogP contribution in [0.2, 0.25) is 0 Å². The van der Waals surface area contributed by atoms with E-state index in [0.717, 1.165) is 18.1 Å². The lowest BCUT2D eigenvalue weighted by Gasteiger charge is -2.24. The van der Waals surface area contributed by atoms with Crippen molar-refractivity contribution >= 4 is 11.9 Å². The molecule has 0 bridgehead atoms. The maximum atomic E-state index is 13.6. The Balaban J connectivity index is 1.63. The van der Waals surface area contributed by atoms with E-state index >= 15 is 0 Å². The number of carbonyl (C=O) groups is 2. The van der Waals surface area contributed by atoms with Crippen LogP contribution in [-0.4, -0.2) is 31.7 Å². The molecule has 0 radical (unpaired) electrons. The summed E-state index contributed by atoms with van der Waals surface area (Å²) in [5.74, 6) is -0.270. The molecule has 160 valence electrons. The van der Waals surface area contributed by atoms with Crippen LogP contribution in [0.3, 0.4) is 0 Å². The van der Waals surface area contributed by atoms with E-state index < -0.39 is 24.3 Å². The molecule has 1 N–H and O–H groups in total. The van der Waals surface area contributed by atoms with Gasteiger partial charge in [0.2, 0.25) is 0 Å². The summed E-state index contributed by atoms with van der Waals surface area (Å²) in [7, 11) is 0. The quantitative estimate of drug-likeness (QED) is 0.723. The summed E-state index contributed by atoms with van der Waals surface area (Å²) in [6.07, 6.45) is 0.810. The van der Waals surface area contributed by atoms with Gasteiger partial charge >= 0.3 is 5.97 Å². The van der Waals surface area contributed by atoms with Gasteiger partial charge in [-0.15, -0.1) is 0 Å². The van der Waals surface area contributed by atoms with Crippen molar-refractivity contribution in [2.45, 2.75) is 33.2 Å². The van der Waals surface area contributed by atoms with Crippen molar-refractivity contribution < 1.29 is 28.2 Å². The molecule has 3 rings (SSSR count). The Hall–Kier alpha value is -3.09. The molecule has 6 nitrogen and oxygen atoms in total. The SMILES string of the molecule is Cc1ccc(C(=O)OCC(=O)N[C@@H](c2ccc3c(c2)OCCCO3)C(C)C)cc1F. The number of halogens is 1. The van der Waals surface area contributed by atoms with E-state index in [1.165, 1.54) is 12.1 Å². The first kappa shape index (κ1) is 21.6. The molecule has 1 aliphatic heterocycles. The number of rotatable bonds is 6. The van der Waals surface area contributed by atoms with Gasteiger partial charge in [-0.2, -0.15) is 0 Å². The highest BCUT2D eigenvalue weighted by molar-refractivity contribution is 5.91. The van der Waals surface area contributed by atoms with Gasteiger partial charge in [0.15, 0.2) is 18.1 Å². The molecule has 7 heteroatoms. The van der Waals surface area contributed by atoms with Gasteiger partial charge < -0.3 is 19.5 Å². The molecule has 2 aromatic rings. The van der Waals surface area contributed by atoms with E-state index in [-0.39, 0.29) is 17.5 Å². The van der Waals surface area contributed by atoms with Crippen LogP contribution < -0.4 is 14.8 Å². The number of fused-ring (bicyclic) bond motifs is 1. The van der Waals surface area contributed by atoms with Gasteiger partial charge in [0.25, 0.3) is 5.91 Å². The van der Waals surface area contributed by atoms with Crippen molar-refractivity contribution in [1.29, 1.82) is 0 Å². The second-order valence-electron chi connectivity index (χ2n) is 7.59. The second-order valence-corrected chi connectivity index (χ2v) is 7.59. The van der Waals surface area contributed by atoms with Crippen LogP contribution in [-0.2, 0) is 9.53 Å². The molecule has 0 aromatic heterocycles. The third-order valence-electron chi connectivity index (χ3n) is 4.86. The molecule has 0 unspecified atom stereocenters. The molecule has 0 saturated carbocycles. The van der Waals surface area contributed by atoms with E-state index in [0.29, 0.717) is 30.3 Å². The average molecular weight is 415 g/mol. The molecule has 1 aliphatic rings. The zero-order valence-corrected chi connectivity index (χ0v) is 17.4. The number of carbonyl (C=O) groups excluding carboxylic acids is 2. The fraction of sp³-hybridized carbons (Fsp3) is 0.391. The van der Waals surface area contributed by atoms with Crippen molar-refractivity contribution in [3.8, 4) is 11.5 Å². The predicted molar refractivity (Wildman–Crippen MR) is 109 cm³/mol. The lowest BCUT2D eigenvalue weighted by molar-refractivity contribution is -0.125. The van der Waals surface area contributed by atoms with Crippen molar-refractivity contribution in [3.05, 3.63) is 58.9 Å². The molecule has 1 atom stereocenters. The van der Waals surface area contributed by atoms with Gasteiger partial charge in [-0.05, 0) is 48.2 Å². The Morgan fingerprint density at radius 2 is 1.83 bits per heavy atom. The normalized spacial score (nSPS) is 14.0. The molecular formula is C23H26FNO5. The Morgan fingerprint density at radius 1 is 1.10 bits per heavy atom. The van der Waals surface area contributed by atoms with E-state index in [1.807, 2.05) is 32.0 Å². The first-order chi connectivity index (χ1) is 14.3. The van der Waals surface area contributed by atoms with Gasteiger partial charge in [-0.25, -0.2) is 9.18 Å². The van der Waals surface area contributed by atoms with Crippen LogP contribution in [0.4, 0.5) is 4.39 Å². The Kier molecular flexibility index (Phi) is 6.92. The summed E-state index contributed by atoms with van der Waals surface area (Å²) in [5.41, 5.74) is 1.36. The number of amides is 1. The van der Waals surface area contributed by atoms with Gasteiger partial charge in [0.1, 0.15) is 5.82 Å². The molecule has 1 amide bonds. The first-order valence-electron chi connectivity index (χ1n) is 9.97. The van der Waals surface area contributed by atoms with Crippen molar-refractivity contribution in [2.24, 2.45) is 5.92 Å². The monoisotopic (exact) mass is 415 g/mol. The Labute approximate surface area is 175 Å². The minimum absolute atomic E-state index is 0.0641. The van der Waals surface area contributed by atoms with Crippen molar-refractivity contribution in [3.63, 3.8) is 0 Å². The zero-order chi connectivity index (χ0) is 21.7. The number of aryl methyl sites for hydroxylation is 1. The fourth-order valence-corrected chi connectivity index (χ4v) is 3.16. The molecular weight excluding hydrogens is 389 g/mol. The van der Waals surface area contributed by atoms with Crippen LogP contribution >= 0.6 is 0 Å². The molecule has 1 heterocycles. The molecule has 0 aliphatic carbocycles. The topological polar surface area (TPSA) is 73.9 Å². The minimum atomic E-state index is -0.749. The van der Waals surface area contributed by atoms with Gasteiger partial charge in [0, 0.05) is 6.42 Å². The summed E-state index contributed by atoms with van der Waals surface area (Å²) in [6.45, 7) is 6.29. The van der Waals surface area contributed by atoms with Gasteiger partial charge in [-0.1, -0.05) is 26.0 Å². The number of nitrogens with one attached hydrogen (secondary N) is 1. The Bertz CT molecular complexity index is 928. The maximum absolute atomic E-state index is 13.6. The number of hydrogen-bond donors (Lipinski definition) is 1. The van der Waals surface area contributed by atoms with Crippen LogP contribution in [0.5, 0.6) is 11.5 Å². The summed E-state index contributed by atoms with van der Waals surface area (Å²) < 4.78 is 30.1. The summed E-state index contributed by atoms with van der Waals surface area (Å²) in [6, 6.07) is 9.35. The van der Waals surface area contributed by atoms with E-state index in [1.54, 1.807) is 6.92 Å². The van der Waals surface area contributed by atoms with Crippen LogP contribution in [0, 0.1) is 18.7 Å². The lowest BCUT2D eigenvalue weighted by atomic mass is 9.95. The molecule has 30 heavy (non-hydrogen) atoms. The van der Waals surface area contributed by atoms with Gasteiger partial charge in [0.05, 0.1) is 24.8 Å². The van der Waals surface area contributed by atoms with Crippen LogP contribution in [0.25, 0.3) is 0 Å². The van der Waals surface area contributed by atoms with E-state index in [2.05, 4.69) is 5.32 Å². The Morgan fingerprint density at radius 3 is 2.53 bits per heavy atom. The highest BCUT2D eigenvalue weighted by Crippen LogP contribution is 2.34. The molecule has 2 aromatic carbocycles. The number of ether oxygens (including phenoxy) is 3. The predicted octanol–water partition coefficient (Wildman–Crippen LogP) is 3.97. The second kappa shape index (κ2) is 9.61. The smallest absolute Gasteiger partial charge is 0.338 e. The molecule has 0 fully saturated rings. The number of esters is 1. The fourth-order valence-electron chi connectivity index (χ4n) is 3.16.